The van der Waals surface area contributed by atoms with Crippen molar-refractivity contribution in [2.75, 3.05) is 0 Å². The molecule has 0 heterocycles. The van der Waals surface area contributed by atoms with Crippen LogP contribution < -0.4 is 0 Å². The summed E-state index contributed by atoms with van der Waals surface area (Å²) in [6.45, 7) is 3.79. The summed E-state index contributed by atoms with van der Waals surface area (Å²) < 4.78 is 14.1. The molecule has 1 nitrogen and oxygen atoms in total. The standard InChI is InChI=1S/C18H12ClFO/c1-11-10-15(12-6-8-13(19)9-7-12)17(18(11)21)14-4-2-3-5-16(14)20/h2-9H,1,10H2. The summed E-state index contributed by atoms with van der Waals surface area (Å²) in [6.07, 6.45) is 0.435. The Kier molecular flexibility index (Phi) is 3.48. The van der Waals surface area contributed by atoms with Crippen LogP contribution in [0.2, 0.25) is 5.02 Å². The van der Waals surface area contributed by atoms with Crippen molar-refractivity contribution in [1.82, 2.24) is 0 Å². The molecule has 0 saturated carbocycles. The Labute approximate surface area is 127 Å². The minimum absolute atomic E-state index is 0.190. The average Bonchev–Trinajstić information content (AvgIpc) is 2.77. The van der Waals surface area contributed by atoms with Gasteiger partial charge in [-0.15, -0.1) is 0 Å². The van der Waals surface area contributed by atoms with Crippen molar-refractivity contribution in [2.24, 2.45) is 0 Å². The summed E-state index contributed by atoms with van der Waals surface area (Å²) >= 11 is 5.89. The zero-order valence-electron chi connectivity index (χ0n) is 11.2. The van der Waals surface area contributed by atoms with Gasteiger partial charge in [0.15, 0.2) is 5.78 Å². The Morgan fingerprint density at radius 1 is 1.05 bits per heavy atom. The maximum Gasteiger partial charge on any atom is 0.189 e. The van der Waals surface area contributed by atoms with Crippen LogP contribution in [0.3, 0.4) is 0 Å². The molecule has 0 fully saturated rings. The summed E-state index contributed by atoms with van der Waals surface area (Å²) in [6, 6.07) is 13.5. The maximum absolute atomic E-state index is 14.1. The molecule has 0 radical (unpaired) electrons. The minimum Gasteiger partial charge on any atom is -0.289 e. The number of Topliss-reactive ketones (excluding diaryl/α,β-unsaturated/α-hetero) is 1. The third-order valence-corrected chi connectivity index (χ3v) is 3.83. The first-order valence-electron chi connectivity index (χ1n) is 6.54. The topological polar surface area (TPSA) is 17.1 Å². The van der Waals surface area contributed by atoms with Gasteiger partial charge in [0.1, 0.15) is 5.82 Å². The number of allylic oxidation sites excluding steroid dienone is 3. The molecule has 3 rings (SSSR count). The molecule has 0 amide bonds. The van der Waals surface area contributed by atoms with Crippen molar-refractivity contribution in [3.8, 4) is 0 Å². The maximum atomic E-state index is 14.1. The molecule has 0 bridgehead atoms. The SMILES string of the molecule is C=C1CC(c2ccc(Cl)cc2)=C(c2ccccc2F)C1=O. The second-order valence-electron chi connectivity index (χ2n) is 4.95. The van der Waals surface area contributed by atoms with Crippen molar-refractivity contribution in [3.05, 3.63) is 82.6 Å². The lowest BCUT2D eigenvalue weighted by molar-refractivity contribution is -0.110. The molecular weight excluding hydrogens is 287 g/mol. The molecule has 1 aliphatic carbocycles. The lowest BCUT2D eigenvalue weighted by Gasteiger charge is -2.08. The van der Waals surface area contributed by atoms with Crippen LogP contribution >= 0.6 is 11.6 Å². The highest BCUT2D eigenvalue weighted by Gasteiger charge is 2.29. The Hall–Kier alpha value is -2.19. The van der Waals surface area contributed by atoms with Gasteiger partial charge in [-0.05, 0) is 34.9 Å². The molecule has 0 spiro atoms. The predicted molar refractivity (Wildman–Crippen MR) is 83.4 cm³/mol. The first kappa shape index (κ1) is 13.8. The van der Waals surface area contributed by atoms with Gasteiger partial charge in [0.25, 0.3) is 0 Å². The Bertz CT molecular complexity index is 772. The molecule has 0 saturated heterocycles. The van der Waals surface area contributed by atoms with Crippen molar-refractivity contribution in [3.63, 3.8) is 0 Å². The van der Waals surface area contributed by atoms with E-state index in [2.05, 4.69) is 6.58 Å². The van der Waals surface area contributed by atoms with Crippen molar-refractivity contribution in [2.45, 2.75) is 6.42 Å². The van der Waals surface area contributed by atoms with Crippen LogP contribution in [0.1, 0.15) is 17.5 Å². The molecule has 0 aliphatic heterocycles. The van der Waals surface area contributed by atoms with E-state index in [1.54, 1.807) is 30.3 Å². The van der Waals surface area contributed by atoms with E-state index in [1.165, 1.54) is 6.07 Å². The summed E-state index contributed by atoms with van der Waals surface area (Å²) in [4.78, 5) is 12.4. The highest BCUT2D eigenvalue weighted by molar-refractivity contribution is 6.38. The van der Waals surface area contributed by atoms with Gasteiger partial charge in [-0.3, -0.25) is 4.79 Å². The fourth-order valence-corrected chi connectivity index (χ4v) is 2.67. The lowest BCUT2D eigenvalue weighted by atomic mass is 9.96. The molecular formula is C18H12ClFO. The van der Waals surface area contributed by atoms with Gasteiger partial charge in [0.05, 0.1) is 0 Å². The highest BCUT2D eigenvalue weighted by atomic mass is 35.5. The average molecular weight is 299 g/mol. The summed E-state index contributed by atoms with van der Waals surface area (Å²) in [5, 5.41) is 0.620. The molecule has 2 aromatic carbocycles. The number of hydrogen-bond donors (Lipinski definition) is 0. The van der Waals surface area contributed by atoms with E-state index >= 15 is 0 Å². The fraction of sp³-hybridized carbons (Fsp3) is 0.0556. The molecule has 0 aromatic heterocycles. The molecule has 0 atom stereocenters. The lowest BCUT2D eigenvalue weighted by Crippen LogP contribution is -2.00. The smallest absolute Gasteiger partial charge is 0.189 e. The van der Waals surface area contributed by atoms with E-state index in [-0.39, 0.29) is 5.78 Å². The third kappa shape index (κ3) is 2.43. The van der Waals surface area contributed by atoms with Crippen LogP contribution in [-0.2, 0) is 4.79 Å². The summed E-state index contributed by atoms with van der Waals surface area (Å²) in [5.41, 5.74) is 2.88. The summed E-state index contributed by atoms with van der Waals surface area (Å²) in [5.74, 6) is -0.591. The van der Waals surface area contributed by atoms with Gasteiger partial charge in [-0.2, -0.15) is 0 Å². The number of carbonyl (C=O) groups excluding carboxylic acids is 1. The normalized spacial score (nSPS) is 15.0. The van der Waals surface area contributed by atoms with Crippen molar-refractivity contribution >= 4 is 28.5 Å². The molecule has 21 heavy (non-hydrogen) atoms. The Balaban J connectivity index is 2.22. The van der Waals surface area contributed by atoms with Crippen molar-refractivity contribution in [1.29, 1.82) is 0 Å². The van der Waals surface area contributed by atoms with Gasteiger partial charge in [-0.1, -0.05) is 48.5 Å². The van der Waals surface area contributed by atoms with Gasteiger partial charge in [0.2, 0.25) is 0 Å². The van der Waals surface area contributed by atoms with Crippen LogP contribution in [0.25, 0.3) is 11.1 Å². The molecule has 0 N–H and O–H groups in total. The zero-order valence-corrected chi connectivity index (χ0v) is 12.0. The number of carbonyl (C=O) groups is 1. The van der Waals surface area contributed by atoms with Crippen LogP contribution in [0.5, 0.6) is 0 Å². The molecule has 3 heteroatoms. The number of hydrogen-bond acceptors (Lipinski definition) is 1. The molecule has 0 unspecified atom stereocenters. The second kappa shape index (κ2) is 5.30. The van der Waals surface area contributed by atoms with Crippen LogP contribution in [-0.4, -0.2) is 5.78 Å². The molecule has 2 aromatic rings. The number of halogens is 2. The fourth-order valence-electron chi connectivity index (χ4n) is 2.54. The summed E-state index contributed by atoms with van der Waals surface area (Å²) in [7, 11) is 0. The van der Waals surface area contributed by atoms with Gasteiger partial charge >= 0.3 is 0 Å². The number of benzene rings is 2. The predicted octanol–water partition coefficient (Wildman–Crippen LogP) is 4.92. The molecule has 104 valence electrons. The van der Waals surface area contributed by atoms with E-state index in [4.69, 9.17) is 11.6 Å². The third-order valence-electron chi connectivity index (χ3n) is 3.58. The van der Waals surface area contributed by atoms with Gasteiger partial charge in [-0.25, -0.2) is 4.39 Å². The van der Waals surface area contributed by atoms with Crippen LogP contribution in [0.4, 0.5) is 4.39 Å². The monoisotopic (exact) mass is 298 g/mol. The van der Waals surface area contributed by atoms with Gasteiger partial charge in [0, 0.05) is 22.6 Å². The molecule has 1 aliphatic rings. The first-order chi connectivity index (χ1) is 10.1. The first-order valence-corrected chi connectivity index (χ1v) is 6.92. The van der Waals surface area contributed by atoms with Gasteiger partial charge < -0.3 is 0 Å². The van der Waals surface area contributed by atoms with E-state index in [1.807, 2.05) is 12.1 Å². The van der Waals surface area contributed by atoms with Crippen LogP contribution in [0, 0.1) is 5.82 Å². The largest absolute Gasteiger partial charge is 0.289 e. The Morgan fingerprint density at radius 2 is 1.71 bits per heavy atom. The van der Waals surface area contributed by atoms with E-state index in [0.29, 0.717) is 28.2 Å². The number of rotatable bonds is 2. The minimum atomic E-state index is -0.401. The van der Waals surface area contributed by atoms with E-state index in [0.717, 1.165) is 11.1 Å². The highest BCUT2D eigenvalue weighted by Crippen LogP contribution is 2.40. The van der Waals surface area contributed by atoms with Crippen LogP contribution in [0.15, 0.2) is 60.7 Å². The number of ketones is 1. The van der Waals surface area contributed by atoms with E-state index in [9.17, 15) is 9.18 Å². The Morgan fingerprint density at radius 3 is 2.38 bits per heavy atom. The zero-order chi connectivity index (χ0) is 15.0. The second-order valence-corrected chi connectivity index (χ2v) is 5.39. The van der Waals surface area contributed by atoms with E-state index < -0.39 is 5.82 Å². The van der Waals surface area contributed by atoms with Crippen molar-refractivity contribution < 1.29 is 9.18 Å². The quantitative estimate of drug-likeness (QED) is 0.719.